The molecule has 26 heavy (non-hydrogen) atoms. The van der Waals surface area contributed by atoms with Crippen molar-refractivity contribution in [2.24, 2.45) is 5.41 Å². The van der Waals surface area contributed by atoms with E-state index in [9.17, 15) is 19.8 Å². The maximum atomic E-state index is 12.1. The molecule has 0 spiro atoms. The lowest BCUT2D eigenvalue weighted by atomic mass is 10.1. The van der Waals surface area contributed by atoms with E-state index >= 15 is 0 Å². The van der Waals surface area contributed by atoms with E-state index < -0.39 is 41.6 Å². The minimum atomic E-state index is -1.42. The Labute approximate surface area is 148 Å². The highest BCUT2D eigenvalue weighted by atomic mass is 16.6. The van der Waals surface area contributed by atoms with Crippen LogP contribution in [0.4, 0.5) is 5.82 Å². The van der Waals surface area contributed by atoms with Gasteiger partial charge in [-0.2, -0.15) is 4.98 Å². The average molecular weight is 371 g/mol. The summed E-state index contributed by atoms with van der Waals surface area (Å²) in [4.78, 5) is 27.6. The van der Waals surface area contributed by atoms with Crippen LogP contribution in [0.15, 0.2) is 17.1 Å². The summed E-state index contributed by atoms with van der Waals surface area (Å²) in [7, 11) is 1.50. The topological polar surface area (TPSA) is 152 Å². The minimum absolute atomic E-state index is 0.0716. The summed E-state index contributed by atoms with van der Waals surface area (Å²) >= 11 is 0. The van der Waals surface area contributed by atoms with Crippen molar-refractivity contribution in [1.82, 2.24) is 9.55 Å². The SMILES string of the molecule is COCC1(C(=O)OC[C@H]2O[C@@H](n3ccc(NO)nc3=O)[C@H](O)[C@@H]2O)CC1. The van der Waals surface area contributed by atoms with Crippen molar-refractivity contribution in [2.75, 3.05) is 25.8 Å². The number of aliphatic hydroxyl groups is 2. The van der Waals surface area contributed by atoms with Gasteiger partial charge in [0.1, 0.15) is 24.9 Å². The van der Waals surface area contributed by atoms with Gasteiger partial charge in [0.25, 0.3) is 0 Å². The summed E-state index contributed by atoms with van der Waals surface area (Å²) in [5.74, 6) is -0.511. The molecule has 1 aromatic rings. The van der Waals surface area contributed by atoms with Crippen LogP contribution in [0.25, 0.3) is 0 Å². The third-order valence-corrected chi connectivity index (χ3v) is 4.64. The second-order valence-corrected chi connectivity index (χ2v) is 6.47. The fraction of sp³-hybridized carbons (Fsp3) is 0.667. The molecule has 0 bridgehead atoms. The molecule has 1 aliphatic carbocycles. The minimum Gasteiger partial charge on any atom is -0.462 e. The van der Waals surface area contributed by atoms with E-state index in [1.165, 1.54) is 19.4 Å². The number of aromatic nitrogens is 2. The Kier molecular flexibility index (Phi) is 5.25. The molecule has 11 heteroatoms. The Bertz CT molecular complexity index is 719. The standard InChI is InChI=1S/C15H21N3O8/c1-24-7-15(3-4-15)13(21)25-6-8-10(19)11(20)12(26-8)18-5-2-9(17-23)16-14(18)22/h2,5,8,10-12,19-20,23H,3-4,6-7H2,1H3,(H,16,17,22)/t8-,10-,11-,12-/m1/s1. The van der Waals surface area contributed by atoms with Crippen LogP contribution < -0.4 is 11.2 Å². The predicted octanol–water partition coefficient (Wildman–Crippen LogP) is -1.37. The van der Waals surface area contributed by atoms with E-state index in [0.717, 1.165) is 4.57 Å². The normalized spacial score (nSPS) is 29.4. The fourth-order valence-corrected chi connectivity index (χ4v) is 2.91. The molecule has 1 saturated carbocycles. The number of methoxy groups -OCH3 is 1. The van der Waals surface area contributed by atoms with Gasteiger partial charge in [0.05, 0.1) is 12.0 Å². The molecule has 1 aromatic heterocycles. The lowest BCUT2D eigenvalue weighted by Crippen LogP contribution is -2.37. The van der Waals surface area contributed by atoms with Crippen LogP contribution in [-0.4, -0.2) is 69.6 Å². The molecule has 3 rings (SSSR count). The molecule has 1 aliphatic heterocycles. The summed E-state index contributed by atoms with van der Waals surface area (Å²) in [5, 5.41) is 29.0. The second kappa shape index (κ2) is 7.29. The van der Waals surface area contributed by atoms with E-state index in [0.29, 0.717) is 12.8 Å². The third-order valence-electron chi connectivity index (χ3n) is 4.64. The number of ether oxygens (including phenoxy) is 3. The van der Waals surface area contributed by atoms with Crippen molar-refractivity contribution >= 4 is 11.8 Å². The predicted molar refractivity (Wildman–Crippen MR) is 84.3 cm³/mol. The maximum absolute atomic E-state index is 12.1. The van der Waals surface area contributed by atoms with Gasteiger partial charge in [-0.3, -0.25) is 20.0 Å². The van der Waals surface area contributed by atoms with Crippen LogP contribution in [0.5, 0.6) is 0 Å². The van der Waals surface area contributed by atoms with Crippen LogP contribution in [0.2, 0.25) is 0 Å². The summed E-state index contributed by atoms with van der Waals surface area (Å²) < 4.78 is 16.7. The number of carbonyl (C=O) groups excluding carboxylic acids is 1. The van der Waals surface area contributed by atoms with Gasteiger partial charge >= 0.3 is 11.7 Å². The lowest BCUT2D eigenvalue weighted by molar-refractivity contribution is -0.158. The molecular formula is C15H21N3O8. The highest BCUT2D eigenvalue weighted by Gasteiger charge is 2.52. The zero-order valence-electron chi connectivity index (χ0n) is 14.1. The summed E-state index contributed by atoms with van der Waals surface area (Å²) in [6.45, 7) is -0.00501. The maximum Gasteiger partial charge on any atom is 0.351 e. The number of hydrogen-bond donors (Lipinski definition) is 4. The quantitative estimate of drug-likeness (QED) is 0.334. The lowest BCUT2D eigenvalue weighted by Gasteiger charge is -2.18. The van der Waals surface area contributed by atoms with Gasteiger partial charge in [-0.05, 0) is 18.9 Å². The number of rotatable bonds is 7. The van der Waals surface area contributed by atoms with Crippen LogP contribution in [0.3, 0.4) is 0 Å². The fourth-order valence-electron chi connectivity index (χ4n) is 2.91. The molecule has 0 aromatic carbocycles. The molecule has 0 radical (unpaired) electrons. The number of anilines is 1. The molecule has 1 saturated heterocycles. The Balaban J connectivity index is 1.64. The second-order valence-electron chi connectivity index (χ2n) is 6.47. The zero-order chi connectivity index (χ0) is 18.9. The molecule has 2 fully saturated rings. The summed E-state index contributed by atoms with van der Waals surface area (Å²) in [5.41, 5.74) is 0.302. The largest absolute Gasteiger partial charge is 0.462 e. The molecule has 4 N–H and O–H groups in total. The molecule has 2 heterocycles. The highest BCUT2D eigenvalue weighted by Crippen LogP contribution is 2.47. The van der Waals surface area contributed by atoms with Crippen molar-refractivity contribution in [3.63, 3.8) is 0 Å². The molecule has 144 valence electrons. The van der Waals surface area contributed by atoms with Crippen molar-refractivity contribution in [2.45, 2.75) is 37.4 Å². The first-order valence-electron chi connectivity index (χ1n) is 8.09. The van der Waals surface area contributed by atoms with Gasteiger partial charge in [-0.15, -0.1) is 0 Å². The number of carbonyl (C=O) groups is 1. The van der Waals surface area contributed by atoms with Gasteiger partial charge in [-0.1, -0.05) is 0 Å². The van der Waals surface area contributed by atoms with Gasteiger partial charge in [-0.25, -0.2) is 4.79 Å². The molecular weight excluding hydrogens is 350 g/mol. The van der Waals surface area contributed by atoms with E-state index in [4.69, 9.17) is 19.4 Å². The zero-order valence-corrected chi connectivity index (χ0v) is 14.1. The van der Waals surface area contributed by atoms with Crippen molar-refractivity contribution in [3.05, 3.63) is 22.7 Å². The highest BCUT2D eigenvalue weighted by molar-refractivity contribution is 5.80. The van der Waals surface area contributed by atoms with Crippen molar-refractivity contribution in [1.29, 1.82) is 0 Å². The molecule has 2 aliphatic rings. The van der Waals surface area contributed by atoms with Crippen molar-refractivity contribution in [3.8, 4) is 0 Å². The van der Waals surface area contributed by atoms with E-state index in [2.05, 4.69) is 4.98 Å². The number of esters is 1. The number of hydrogen-bond acceptors (Lipinski definition) is 10. The Morgan fingerprint density at radius 1 is 1.46 bits per heavy atom. The summed E-state index contributed by atoms with van der Waals surface area (Å²) in [6, 6.07) is 1.29. The number of aliphatic hydroxyl groups excluding tert-OH is 2. The average Bonchev–Trinajstić information content (AvgIpc) is 3.36. The van der Waals surface area contributed by atoms with Gasteiger partial charge < -0.3 is 24.4 Å². The van der Waals surface area contributed by atoms with Gasteiger partial charge in [0, 0.05) is 13.3 Å². The van der Waals surface area contributed by atoms with Crippen LogP contribution in [0, 0.1) is 5.41 Å². The third kappa shape index (κ3) is 3.44. The smallest absolute Gasteiger partial charge is 0.351 e. The Hall–Kier alpha value is -2.05. The number of nitrogens with zero attached hydrogens (tertiary/aromatic N) is 2. The van der Waals surface area contributed by atoms with Gasteiger partial charge in [0.15, 0.2) is 12.0 Å². The van der Waals surface area contributed by atoms with E-state index in [1.807, 2.05) is 0 Å². The molecule has 0 unspecified atom stereocenters. The van der Waals surface area contributed by atoms with E-state index in [1.54, 1.807) is 5.48 Å². The monoisotopic (exact) mass is 371 g/mol. The van der Waals surface area contributed by atoms with Crippen LogP contribution >= 0.6 is 0 Å². The number of nitrogens with one attached hydrogen (secondary N) is 1. The Morgan fingerprint density at radius 2 is 2.19 bits per heavy atom. The van der Waals surface area contributed by atoms with Crippen molar-refractivity contribution < 1.29 is 34.4 Å². The van der Waals surface area contributed by atoms with Crippen LogP contribution in [0.1, 0.15) is 19.1 Å². The molecule has 0 amide bonds. The molecule has 11 nitrogen and oxygen atoms in total. The summed E-state index contributed by atoms with van der Waals surface area (Å²) in [6.07, 6.45) is -2.37. The van der Waals surface area contributed by atoms with E-state index in [-0.39, 0.29) is 19.0 Å². The van der Waals surface area contributed by atoms with Crippen LogP contribution in [-0.2, 0) is 19.0 Å². The molecule has 4 atom stereocenters. The van der Waals surface area contributed by atoms with Gasteiger partial charge in [0.2, 0.25) is 0 Å². The first-order valence-corrected chi connectivity index (χ1v) is 8.09. The first-order chi connectivity index (χ1) is 12.4. The Morgan fingerprint density at radius 3 is 2.77 bits per heavy atom. The first kappa shape index (κ1) is 18.7.